The molecule has 0 N–H and O–H groups in total. The number of morpholine rings is 1. The van der Waals surface area contributed by atoms with Crippen molar-refractivity contribution < 1.29 is 19.0 Å². The third-order valence-corrected chi connectivity index (χ3v) is 3.44. The highest BCUT2D eigenvalue weighted by molar-refractivity contribution is 5.80. The number of benzene rings is 1. The van der Waals surface area contributed by atoms with Crippen molar-refractivity contribution in [3.63, 3.8) is 0 Å². The first-order chi connectivity index (χ1) is 9.76. The number of hydrogen-bond donors (Lipinski definition) is 0. The molecular weight excluding hydrogens is 258 g/mol. The lowest BCUT2D eigenvalue weighted by Gasteiger charge is -2.31. The molecule has 0 saturated carbocycles. The number of carbonyl (C=O) groups excluding carboxylic acids is 1. The van der Waals surface area contributed by atoms with Gasteiger partial charge in [0.1, 0.15) is 24.2 Å². The zero-order valence-corrected chi connectivity index (χ0v) is 12.0. The minimum Gasteiger partial charge on any atom is -0.497 e. The Morgan fingerprint density at radius 3 is 3.05 bits per heavy atom. The zero-order valence-electron chi connectivity index (χ0n) is 12.0. The second-order valence-electron chi connectivity index (χ2n) is 4.72. The lowest BCUT2D eigenvalue weighted by Crippen LogP contribution is -2.44. The molecule has 5 nitrogen and oxygen atoms in total. The Morgan fingerprint density at radius 2 is 2.35 bits per heavy atom. The first kappa shape index (κ1) is 14.8. The fourth-order valence-electron chi connectivity index (χ4n) is 2.23. The zero-order chi connectivity index (χ0) is 14.4. The molecular formula is C15H21NO4. The Hall–Kier alpha value is -1.59. The molecule has 1 aromatic carbocycles. The summed E-state index contributed by atoms with van der Waals surface area (Å²) in [7, 11) is 1.57. The van der Waals surface area contributed by atoms with Gasteiger partial charge in [-0.2, -0.15) is 0 Å². The Bertz CT molecular complexity index is 449. The first-order valence-electron chi connectivity index (χ1n) is 6.86. The van der Waals surface area contributed by atoms with Crippen LogP contribution in [0.1, 0.15) is 17.3 Å². The Morgan fingerprint density at radius 1 is 1.50 bits per heavy atom. The van der Waals surface area contributed by atoms with E-state index in [1.54, 1.807) is 25.3 Å². The fraction of sp³-hybridized carbons (Fsp3) is 0.533. The minimum atomic E-state index is 0.0466. The van der Waals surface area contributed by atoms with Crippen LogP contribution in [0, 0.1) is 0 Å². The smallest absolute Gasteiger partial charge is 0.153 e. The molecule has 2 rings (SSSR count). The van der Waals surface area contributed by atoms with Crippen molar-refractivity contribution in [1.82, 2.24) is 4.90 Å². The third-order valence-electron chi connectivity index (χ3n) is 3.44. The summed E-state index contributed by atoms with van der Waals surface area (Å²) < 4.78 is 16.5. The van der Waals surface area contributed by atoms with Gasteiger partial charge in [-0.1, -0.05) is 6.92 Å². The molecule has 0 aliphatic carbocycles. The topological polar surface area (TPSA) is 48.0 Å². The predicted molar refractivity (Wildman–Crippen MR) is 75.7 cm³/mol. The van der Waals surface area contributed by atoms with Crippen LogP contribution in [0.3, 0.4) is 0 Å². The van der Waals surface area contributed by atoms with Crippen LogP contribution in [-0.2, 0) is 4.74 Å². The summed E-state index contributed by atoms with van der Waals surface area (Å²) in [5.41, 5.74) is 0.493. The van der Waals surface area contributed by atoms with Gasteiger partial charge in [0.05, 0.1) is 19.3 Å². The number of hydrogen-bond acceptors (Lipinski definition) is 5. The van der Waals surface area contributed by atoms with E-state index in [1.165, 1.54) is 0 Å². The number of methoxy groups -OCH3 is 1. The molecule has 0 bridgehead atoms. The van der Waals surface area contributed by atoms with Crippen molar-refractivity contribution >= 4 is 6.29 Å². The van der Waals surface area contributed by atoms with Gasteiger partial charge in [-0.3, -0.25) is 9.69 Å². The summed E-state index contributed by atoms with van der Waals surface area (Å²) in [6, 6.07) is 5.20. The van der Waals surface area contributed by atoms with Crippen molar-refractivity contribution in [2.45, 2.75) is 13.0 Å². The van der Waals surface area contributed by atoms with E-state index >= 15 is 0 Å². The number of ether oxygens (including phenoxy) is 3. The van der Waals surface area contributed by atoms with Crippen molar-refractivity contribution in [3.05, 3.63) is 23.8 Å². The van der Waals surface area contributed by atoms with Crippen LogP contribution in [-0.4, -0.2) is 57.2 Å². The minimum absolute atomic E-state index is 0.0466. The van der Waals surface area contributed by atoms with Crippen LogP contribution >= 0.6 is 0 Å². The molecule has 0 amide bonds. The number of likely N-dealkylation sites (N-methyl/N-ethyl adjacent to an activating group) is 1. The third kappa shape index (κ3) is 3.71. The van der Waals surface area contributed by atoms with Crippen LogP contribution in [0.25, 0.3) is 0 Å². The fourth-order valence-corrected chi connectivity index (χ4v) is 2.23. The summed E-state index contributed by atoms with van der Waals surface area (Å²) in [5.74, 6) is 1.21. The molecule has 0 aromatic heterocycles. The summed E-state index contributed by atoms with van der Waals surface area (Å²) >= 11 is 0. The molecule has 0 radical (unpaired) electrons. The van der Waals surface area contributed by atoms with E-state index in [1.807, 2.05) is 0 Å². The molecule has 1 aliphatic rings. The molecule has 1 aliphatic heterocycles. The van der Waals surface area contributed by atoms with Gasteiger partial charge in [-0.05, 0) is 24.7 Å². The van der Waals surface area contributed by atoms with Gasteiger partial charge in [0.25, 0.3) is 0 Å². The maximum absolute atomic E-state index is 11.1. The highest BCUT2D eigenvalue weighted by atomic mass is 16.5. The van der Waals surface area contributed by atoms with E-state index in [-0.39, 0.29) is 6.10 Å². The van der Waals surface area contributed by atoms with Gasteiger partial charge in [0.15, 0.2) is 6.29 Å². The van der Waals surface area contributed by atoms with E-state index in [2.05, 4.69) is 11.8 Å². The molecule has 1 heterocycles. The standard InChI is InChI=1S/C15H21NO4/c1-3-16-6-7-19-14(9-16)11-20-15-5-4-13(18-2)8-12(15)10-17/h4-5,8,10,14H,3,6-7,9,11H2,1-2H3. The largest absolute Gasteiger partial charge is 0.497 e. The van der Waals surface area contributed by atoms with E-state index in [0.717, 1.165) is 32.5 Å². The van der Waals surface area contributed by atoms with Crippen molar-refractivity contribution in [2.75, 3.05) is 40.0 Å². The first-order valence-corrected chi connectivity index (χ1v) is 6.86. The molecule has 20 heavy (non-hydrogen) atoms. The maximum atomic E-state index is 11.1. The summed E-state index contributed by atoms with van der Waals surface area (Å²) in [6.07, 6.45) is 0.822. The van der Waals surface area contributed by atoms with Crippen molar-refractivity contribution in [3.8, 4) is 11.5 Å². The number of carbonyl (C=O) groups is 1. The highest BCUT2D eigenvalue weighted by Gasteiger charge is 2.20. The Balaban J connectivity index is 1.94. The van der Waals surface area contributed by atoms with Gasteiger partial charge in [0.2, 0.25) is 0 Å². The molecule has 110 valence electrons. The van der Waals surface area contributed by atoms with Crippen molar-refractivity contribution in [1.29, 1.82) is 0 Å². The number of nitrogens with zero attached hydrogens (tertiary/aromatic N) is 1. The molecule has 0 spiro atoms. The van der Waals surface area contributed by atoms with Crippen molar-refractivity contribution in [2.24, 2.45) is 0 Å². The summed E-state index contributed by atoms with van der Waals surface area (Å²) in [4.78, 5) is 13.4. The van der Waals surface area contributed by atoms with E-state index < -0.39 is 0 Å². The van der Waals surface area contributed by atoms with Gasteiger partial charge < -0.3 is 14.2 Å². The monoisotopic (exact) mass is 279 g/mol. The summed E-state index contributed by atoms with van der Waals surface area (Å²) in [6.45, 7) is 6.16. The Kier molecular flexibility index (Phi) is 5.38. The Labute approximate surface area is 119 Å². The SMILES string of the molecule is CCN1CCOC(COc2ccc(OC)cc2C=O)C1. The van der Waals surface area contributed by atoms with Crippen LogP contribution in [0.4, 0.5) is 0 Å². The van der Waals surface area contributed by atoms with Crippen LogP contribution in [0.2, 0.25) is 0 Å². The summed E-state index contributed by atoms with van der Waals surface area (Å²) in [5, 5.41) is 0. The van der Waals surface area contributed by atoms with Gasteiger partial charge in [0, 0.05) is 13.1 Å². The molecule has 1 atom stereocenters. The average molecular weight is 279 g/mol. The maximum Gasteiger partial charge on any atom is 0.153 e. The lowest BCUT2D eigenvalue weighted by molar-refractivity contribution is -0.0464. The second kappa shape index (κ2) is 7.26. The van der Waals surface area contributed by atoms with Gasteiger partial charge >= 0.3 is 0 Å². The quantitative estimate of drug-likeness (QED) is 0.740. The van der Waals surface area contributed by atoms with Crippen LogP contribution in [0.5, 0.6) is 11.5 Å². The van der Waals surface area contributed by atoms with Crippen LogP contribution in [0.15, 0.2) is 18.2 Å². The van der Waals surface area contributed by atoms with E-state index in [0.29, 0.717) is 23.7 Å². The van der Waals surface area contributed by atoms with Gasteiger partial charge in [-0.15, -0.1) is 0 Å². The van der Waals surface area contributed by atoms with E-state index in [4.69, 9.17) is 14.2 Å². The lowest BCUT2D eigenvalue weighted by atomic mass is 10.2. The molecule has 5 heteroatoms. The highest BCUT2D eigenvalue weighted by Crippen LogP contribution is 2.23. The normalized spacial score (nSPS) is 19.6. The van der Waals surface area contributed by atoms with E-state index in [9.17, 15) is 4.79 Å². The average Bonchev–Trinajstić information content (AvgIpc) is 2.52. The second-order valence-corrected chi connectivity index (χ2v) is 4.72. The molecule has 1 unspecified atom stereocenters. The number of aldehydes is 1. The molecule has 1 fully saturated rings. The van der Waals surface area contributed by atoms with Gasteiger partial charge in [-0.25, -0.2) is 0 Å². The number of rotatable bonds is 6. The predicted octanol–water partition coefficient (Wildman–Crippen LogP) is 1.61. The van der Waals surface area contributed by atoms with Crippen LogP contribution < -0.4 is 9.47 Å². The molecule has 1 saturated heterocycles. The molecule has 1 aromatic rings.